The van der Waals surface area contributed by atoms with E-state index in [0.717, 1.165) is 41.7 Å². The van der Waals surface area contributed by atoms with Crippen LogP contribution in [0.3, 0.4) is 0 Å². The van der Waals surface area contributed by atoms with Crippen LogP contribution in [-0.2, 0) is 11.3 Å². The minimum absolute atomic E-state index is 0.0411. The average Bonchev–Trinajstić information content (AvgIpc) is 3.54. The van der Waals surface area contributed by atoms with E-state index in [9.17, 15) is 4.79 Å². The molecular weight excluding hydrogens is 396 g/mol. The van der Waals surface area contributed by atoms with E-state index < -0.39 is 0 Å². The lowest BCUT2D eigenvalue weighted by atomic mass is 10.1. The maximum atomic E-state index is 12.6. The molecule has 1 atom stereocenters. The summed E-state index contributed by atoms with van der Waals surface area (Å²) in [6.45, 7) is 2.69. The van der Waals surface area contributed by atoms with Crippen LogP contribution in [0.15, 0.2) is 59.8 Å². The van der Waals surface area contributed by atoms with Gasteiger partial charge in [0.2, 0.25) is 5.91 Å². The van der Waals surface area contributed by atoms with Crippen LogP contribution < -0.4 is 10.1 Å². The van der Waals surface area contributed by atoms with E-state index in [0.29, 0.717) is 5.92 Å². The lowest BCUT2D eigenvalue weighted by molar-refractivity contribution is -0.119. The maximum absolute atomic E-state index is 12.6. The molecule has 1 aliphatic carbocycles. The quantitative estimate of drug-likeness (QED) is 0.524. The minimum Gasteiger partial charge on any atom is -0.496 e. The third-order valence-corrected chi connectivity index (χ3v) is 6.15. The predicted molar refractivity (Wildman–Crippen MR) is 118 cm³/mol. The van der Waals surface area contributed by atoms with Crippen LogP contribution in [0.2, 0.25) is 0 Å². The molecule has 6 nitrogen and oxygen atoms in total. The highest BCUT2D eigenvalue weighted by Gasteiger charge is 2.30. The predicted octanol–water partition coefficient (Wildman–Crippen LogP) is 4.18. The van der Waals surface area contributed by atoms with Gasteiger partial charge in [0, 0.05) is 11.5 Å². The van der Waals surface area contributed by atoms with Crippen LogP contribution in [0, 0.1) is 0 Å². The number of para-hydroxylation sites is 1. The molecule has 4 rings (SSSR count). The first-order valence-corrected chi connectivity index (χ1v) is 11.2. The number of hydrogen-bond donors (Lipinski definition) is 1. The van der Waals surface area contributed by atoms with Crippen molar-refractivity contribution >= 4 is 17.7 Å². The summed E-state index contributed by atoms with van der Waals surface area (Å²) in [6.07, 6.45) is 2.32. The number of ether oxygens (including phenoxy) is 1. The molecule has 156 valence electrons. The number of methoxy groups -OCH3 is 1. The minimum atomic E-state index is -0.140. The molecule has 30 heavy (non-hydrogen) atoms. The van der Waals surface area contributed by atoms with Crippen molar-refractivity contribution in [2.75, 3.05) is 12.9 Å². The highest BCUT2D eigenvalue weighted by atomic mass is 32.2. The first kappa shape index (κ1) is 20.5. The van der Waals surface area contributed by atoms with E-state index in [-0.39, 0.29) is 17.7 Å². The normalized spacial score (nSPS) is 14.3. The highest BCUT2D eigenvalue weighted by molar-refractivity contribution is 7.99. The zero-order chi connectivity index (χ0) is 20.9. The van der Waals surface area contributed by atoms with E-state index in [1.807, 2.05) is 49.4 Å². The molecule has 1 fully saturated rings. The van der Waals surface area contributed by atoms with Crippen LogP contribution in [0.1, 0.15) is 48.7 Å². The van der Waals surface area contributed by atoms with Gasteiger partial charge in [0.15, 0.2) is 5.16 Å². The largest absolute Gasteiger partial charge is 0.496 e. The van der Waals surface area contributed by atoms with Crippen molar-refractivity contribution in [3.8, 4) is 5.75 Å². The Bertz CT molecular complexity index is 1000. The van der Waals surface area contributed by atoms with Gasteiger partial charge in [-0.25, -0.2) is 0 Å². The second kappa shape index (κ2) is 9.34. The van der Waals surface area contributed by atoms with Crippen molar-refractivity contribution in [1.82, 2.24) is 20.1 Å². The Morgan fingerprint density at radius 2 is 1.90 bits per heavy atom. The molecule has 1 aromatic heterocycles. The fraction of sp³-hybridized carbons (Fsp3) is 0.348. The molecule has 0 bridgehead atoms. The van der Waals surface area contributed by atoms with Crippen LogP contribution in [0.4, 0.5) is 0 Å². The van der Waals surface area contributed by atoms with Crippen molar-refractivity contribution in [1.29, 1.82) is 0 Å². The third kappa shape index (κ3) is 4.84. The summed E-state index contributed by atoms with van der Waals surface area (Å²) in [4.78, 5) is 12.6. The van der Waals surface area contributed by atoms with E-state index in [2.05, 4.69) is 32.2 Å². The molecule has 0 saturated heterocycles. The van der Waals surface area contributed by atoms with E-state index in [1.54, 1.807) is 7.11 Å². The summed E-state index contributed by atoms with van der Waals surface area (Å²) in [6, 6.07) is 17.9. The van der Waals surface area contributed by atoms with Gasteiger partial charge < -0.3 is 14.6 Å². The van der Waals surface area contributed by atoms with E-state index >= 15 is 0 Å². The summed E-state index contributed by atoms with van der Waals surface area (Å²) < 4.78 is 7.56. The molecule has 0 aliphatic heterocycles. The monoisotopic (exact) mass is 422 g/mol. The fourth-order valence-electron chi connectivity index (χ4n) is 3.48. The molecule has 1 heterocycles. The number of carbonyl (C=O) groups is 1. The molecule has 1 aliphatic rings. The first-order valence-electron chi connectivity index (χ1n) is 10.2. The molecule has 0 spiro atoms. The summed E-state index contributed by atoms with van der Waals surface area (Å²) >= 11 is 1.43. The molecule has 2 aromatic carbocycles. The van der Waals surface area contributed by atoms with Gasteiger partial charge in [0.1, 0.15) is 11.6 Å². The molecular formula is C23H26N4O2S. The number of thioether (sulfide) groups is 1. The lowest BCUT2D eigenvalue weighted by Gasteiger charge is -2.17. The zero-order valence-electron chi connectivity index (χ0n) is 17.2. The smallest absolute Gasteiger partial charge is 0.230 e. The second-order valence-electron chi connectivity index (χ2n) is 7.51. The Hall–Kier alpha value is -2.80. The van der Waals surface area contributed by atoms with Gasteiger partial charge in [-0.05, 0) is 31.4 Å². The van der Waals surface area contributed by atoms with E-state index in [4.69, 9.17) is 4.74 Å². The zero-order valence-corrected chi connectivity index (χ0v) is 18.1. The van der Waals surface area contributed by atoms with Gasteiger partial charge in [-0.15, -0.1) is 10.2 Å². The number of rotatable bonds is 9. The molecule has 3 aromatic rings. The van der Waals surface area contributed by atoms with Crippen LogP contribution >= 0.6 is 11.8 Å². The Morgan fingerprint density at radius 3 is 2.63 bits per heavy atom. The summed E-state index contributed by atoms with van der Waals surface area (Å²) in [5.41, 5.74) is 2.16. The Balaban J connectivity index is 1.41. The summed E-state index contributed by atoms with van der Waals surface area (Å²) in [5.74, 6) is 2.55. The van der Waals surface area contributed by atoms with E-state index in [1.165, 1.54) is 17.3 Å². The average molecular weight is 423 g/mol. The van der Waals surface area contributed by atoms with Gasteiger partial charge in [0.05, 0.1) is 25.4 Å². The number of carbonyl (C=O) groups excluding carboxylic acids is 1. The number of hydrogen-bond acceptors (Lipinski definition) is 5. The van der Waals surface area contributed by atoms with Crippen LogP contribution in [0.5, 0.6) is 5.75 Å². The molecule has 7 heteroatoms. The number of nitrogens with zero attached hydrogens (tertiary/aromatic N) is 3. The molecule has 1 amide bonds. The summed E-state index contributed by atoms with van der Waals surface area (Å²) in [7, 11) is 1.64. The van der Waals surface area contributed by atoms with Crippen molar-refractivity contribution in [2.45, 2.75) is 43.4 Å². The van der Waals surface area contributed by atoms with Gasteiger partial charge in [-0.1, -0.05) is 60.3 Å². The van der Waals surface area contributed by atoms with Gasteiger partial charge >= 0.3 is 0 Å². The third-order valence-electron chi connectivity index (χ3n) is 5.19. The molecule has 1 saturated carbocycles. The maximum Gasteiger partial charge on any atom is 0.230 e. The number of aromatic nitrogens is 3. The Morgan fingerprint density at radius 1 is 1.17 bits per heavy atom. The first-order chi connectivity index (χ1) is 14.7. The Labute approximate surface area is 181 Å². The second-order valence-corrected chi connectivity index (χ2v) is 8.45. The van der Waals surface area contributed by atoms with Gasteiger partial charge in [-0.2, -0.15) is 0 Å². The standard InChI is InChI=1S/C23H26N4O2S/c1-16(19-10-6-7-11-20(19)29-2)24-21(28)15-30-23-26-25-22(18-12-13-18)27(23)14-17-8-4-3-5-9-17/h3-11,16,18H,12-15H2,1-2H3,(H,24,28). The fourth-order valence-corrected chi connectivity index (χ4v) is 4.24. The Kier molecular flexibility index (Phi) is 6.38. The van der Waals surface area contributed by atoms with Gasteiger partial charge in [-0.3, -0.25) is 4.79 Å². The highest BCUT2D eigenvalue weighted by Crippen LogP contribution is 2.40. The van der Waals surface area contributed by atoms with Crippen molar-refractivity contribution in [3.05, 3.63) is 71.5 Å². The van der Waals surface area contributed by atoms with Crippen LogP contribution in [-0.4, -0.2) is 33.5 Å². The summed E-state index contributed by atoms with van der Waals surface area (Å²) in [5, 5.41) is 12.7. The lowest BCUT2D eigenvalue weighted by Crippen LogP contribution is -2.28. The number of amides is 1. The topological polar surface area (TPSA) is 69.0 Å². The molecule has 1 unspecified atom stereocenters. The number of nitrogens with one attached hydrogen (secondary N) is 1. The van der Waals surface area contributed by atoms with Gasteiger partial charge in [0.25, 0.3) is 0 Å². The number of benzene rings is 2. The van der Waals surface area contributed by atoms with Crippen molar-refractivity contribution in [3.63, 3.8) is 0 Å². The molecule has 1 N–H and O–H groups in total. The SMILES string of the molecule is COc1ccccc1C(C)NC(=O)CSc1nnc(C2CC2)n1Cc1ccccc1. The van der Waals surface area contributed by atoms with Crippen molar-refractivity contribution < 1.29 is 9.53 Å². The van der Waals surface area contributed by atoms with Crippen LogP contribution in [0.25, 0.3) is 0 Å². The molecule has 0 radical (unpaired) electrons. The van der Waals surface area contributed by atoms with Crippen molar-refractivity contribution in [2.24, 2.45) is 0 Å².